The number of rotatable bonds is 2. The lowest BCUT2D eigenvalue weighted by Gasteiger charge is -2.38. The molecular formula is C16H23N3S. The van der Waals surface area contributed by atoms with E-state index < -0.39 is 0 Å². The summed E-state index contributed by atoms with van der Waals surface area (Å²) < 4.78 is 0. The van der Waals surface area contributed by atoms with Crippen molar-refractivity contribution in [3.63, 3.8) is 0 Å². The van der Waals surface area contributed by atoms with Crippen molar-refractivity contribution in [2.45, 2.75) is 45.6 Å². The zero-order valence-corrected chi connectivity index (χ0v) is 13.0. The molecule has 1 saturated carbocycles. The van der Waals surface area contributed by atoms with Crippen LogP contribution in [0.1, 0.15) is 43.4 Å². The first-order chi connectivity index (χ1) is 9.77. The van der Waals surface area contributed by atoms with Crippen LogP contribution >= 0.6 is 11.8 Å². The Morgan fingerprint density at radius 2 is 2.15 bits per heavy atom. The second-order valence-electron chi connectivity index (χ2n) is 6.09. The second kappa shape index (κ2) is 6.17. The van der Waals surface area contributed by atoms with Gasteiger partial charge in [-0.25, -0.2) is 0 Å². The summed E-state index contributed by atoms with van der Waals surface area (Å²) in [6.07, 6.45) is 8.81. The van der Waals surface area contributed by atoms with Crippen LogP contribution in [0.4, 0.5) is 0 Å². The molecule has 3 nitrogen and oxygen atoms in total. The van der Waals surface area contributed by atoms with Crippen molar-refractivity contribution in [2.24, 2.45) is 10.4 Å². The fourth-order valence-electron chi connectivity index (χ4n) is 3.13. The fraction of sp³-hybridized carbons (Fsp3) is 0.625. The average Bonchev–Trinajstić information content (AvgIpc) is 2.49. The van der Waals surface area contributed by atoms with E-state index in [4.69, 9.17) is 4.99 Å². The number of hydrogen-bond donors (Lipinski definition) is 1. The van der Waals surface area contributed by atoms with Gasteiger partial charge in [0.15, 0.2) is 5.17 Å². The molecule has 3 rings (SSSR count). The Kier molecular flexibility index (Phi) is 4.29. The molecule has 0 unspecified atom stereocenters. The molecule has 1 aliphatic heterocycles. The van der Waals surface area contributed by atoms with E-state index in [1.165, 1.54) is 43.4 Å². The van der Waals surface area contributed by atoms with Crippen LogP contribution in [-0.4, -0.2) is 22.4 Å². The van der Waals surface area contributed by atoms with Crippen LogP contribution in [-0.2, 0) is 6.54 Å². The standard InChI is InChI=1S/C16H23N3S/c1-13-6-5-9-17-14(13)10-18-15-19-11-16(12-20-15)7-3-2-4-8-16/h5-6,9H,2-4,7-8,10-12H2,1H3,(H,18,19). The highest BCUT2D eigenvalue weighted by Gasteiger charge is 2.34. The summed E-state index contributed by atoms with van der Waals surface area (Å²) in [6.45, 7) is 3.91. The number of nitrogens with zero attached hydrogens (tertiary/aromatic N) is 2. The van der Waals surface area contributed by atoms with E-state index in [9.17, 15) is 0 Å². The lowest BCUT2D eigenvalue weighted by Crippen LogP contribution is -2.36. The highest BCUT2D eigenvalue weighted by molar-refractivity contribution is 8.13. The number of amidine groups is 1. The highest BCUT2D eigenvalue weighted by atomic mass is 32.2. The topological polar surface area (TPSA) is 37.3 Å². The minimum atomic E-state index is 0.509. The van der Waals surface area contributed by atoms with Crippen molar-refractivity contribution in [2.75, 3.05) is 12.3 Å². The molecule has 108 valence electrons. The molecule has 0 amide bonds. The first-order valence-electron chi connectivity index (χ1n) is 7.59. The van der Waals surface area contributed by atoms with Crippen molar-refractivity contribution in [1.29, 1.82) is 0 Å². The Bertz CT molecular complexity index is 492. The van der Waals surface area contributed by atoms with Crippen molar-refractivity contribution in [3.8, 4) is 0 Å². The maximum Gasteiger partial charge on any atom is 0.156 e. The molecule has 0 atom stereocenters. The van der Waals surface area contributed by atoms with Gasteiger partial charge in [-0.15, -0.1) is 0 Å². The van der Waals surface area contributed by atoms with Gasteiger partial charge >= 0.3 is 0 Å². The summed E-state index contributed by atoms with van der Waals surface area (Å²) in [6, 6.07) is 4.09. The Morgan fingerprint density at radius 3 is 2.85 bits per heavy atom. The molecule has 1 N–H and O–H groups in total. The molecule has 20 heavy (non-hydrogen) atoms. The van der Waals surface area contributed by atoms with E-state index in [2.05, 4.69) is 23.3 Å². The normalized spacial score (nSPS) is 21.6. The van der Waals surface area contributed by atoms with Crippen LogP contribution in [0.15, 0.2) is 23.3 Å². The van der Waals surface area contributed by atoms with Crippen molar-refractivity contribution >= 4 is 16.9 Å². The third-order valence-electron chi connectivity index (χ3n) is 4.51. The van der Waals surface area contributed by atoms with Gasteiger partial charge in [0.25, 0.3) is 0 Å². The molecule has 1 aromatic heterocycles. The molecule has 2 aliphatic rings. The lowest BCUT2D eigenvalue weighted by atomic mass is 9.75. The summed E-state index contributed by atoms with van der Waals surface area (Å²) in [4.78, 5) is 9.21. The molecule has 0 radical (unpaired) electrons. The van der Waals surface area contributed by atoms with Gasteiger partial charge in [-0.1, -0.05) is 37.1 Å². The minimum absolute atomic E-state index is 0.509. The third kappa shape index (κ3) is 3.17. The Labute approximate surface area is 125 Å². The zero-order valence-electron chi connectivity index (χ0n) is 12.2. The SMILES string of the molecule is Cc1cccnc1CNC1=NCC2(CCCCC2)CS1. The van der Waals surface area contributed by atoms with Crippen LogP contribution in [0.5, 0.6) is 0 Å². The quantitative estimate of drug-likeness (QED) is 0.905. The maximum atomic E-state index is 4.79. The van der Waals surface area contributed by atoms with E-state index >= 15 is 0 Å². The lowest BCUT2D eigenvalue weighted by molar-refractivity contribution is 0.232. The Hall–Kier alpha value is -1.03. The van der Waals surface area contributed by atoms with Crippen molar-refractivity contribution in [1.82, 2.24) is 10.3 Å². The van der Waals surface area contributed by atoms with Gasteiger partial charge in [-0.2, -0.15) is 0 Å². The molecule has 4 heteroatoms. The third-order valence-corrected chi connectivity index (χ3v) is 5.82. The molecule has 0 aromatic carbocycles. The molecule has 0 bridgehead atoms. The minimum Gasteiger partial charge on any atom is -0.359 e. The summed E-state index contributed by atoms with van der Waals surface area (Å²) in [5, 5.41) is 4.55. The molecular weight excluding hydrogens is 266 g/mol. The molecule has 0 saturated heterocycles. The van der Waals surface area contributed by atoms with Crippen LogP contribution < -0.4 is 5.32 Å². The number of hydrogen-bond acceptors (Lipinski definition) is 4. The van der Waals surface area contributed by atoms with E-state index in [1.54, 1.807) is 0 Å². The first-order valence-corrected chi connectivity index (χ1v) is 8.58. The monoisotopic (exact) mass is 289 g/mol. The van der Waals surface area contributed by atoms with Crippen LogP contribution in [0.2, 0.25) is 0 Å². The molecule has 1 aliphatic carbocycles. The summed E-state index contributed by atoms with van der Waals surface area (Å²) in [5.41, 5.74) is 2.87. The van der Waals surface area contributed by atoms with Crippen molar-refractivity contribution in [3.05, 3.63) is 29.6 Å². The molecule has 2 heterocycles. The predicted molar refractivity (Wildman–Crippen MR) is 86.1 cm³/mol. The largest absolute Gasteiger partial charge is 0.359 e. The van der Waals surface area contributed by atoms with Gasteiger partial charge in [0.1, 0.15) is 0 Å². The molecule has 1 fully saturated rings. The maximum absolute atomic E-state index is 4.79. The fourth-order valence-corrected chi connectivity index (χ4v) is 4.28. The Balaban J connectivity index is 1.56. The van der Waals surface area contributed by atoms with Crippen molar-refractivity contribution < 1.29 is 0 Å². The smallest absolute Gasteiger partial charge is 0.156 e. The number of aromatic nitrogens is 1. The van der Waals surface area contributed by atoms with Gasteiger partial charge in [-0.3, -0.25) is 9.98 Å². The van der Waals surface area contributed by atoms with Gasteiger partial charge in [0.05, 0.1) is 12.2 Å². The Morgan fingerprint density at radius 1 is 1.30 bits per heavy atom. The van der Waals surface area contributed by atoms with E-state index in [0.29, 0.717) is 5.41 Å². The number of aryl methyl sites for hydroxylation is 1. The summed E-state index contributed by atoms with van der Waals surface area (Å²) in [5.74, 6) is 1.24. The highest BCUT2D eigenvalue weighted by Crippen LogP contribution is 2.41. The van der Waals surface area contributed by atoms with Gasteiger partial charge in [-0.05, 0) is 36.8 Å². The van der Waals surface area contributed by atoms with Crippen LogP contribution in [0.3, 0.4) is 0 Å². The van der Waals surface area contributed by atoms with E-state index in [0.717, 1.165) is 24.0 Å². The predicted octanol–water partition coefficient (Wildman–Crippen LogP) is 3.53. The van der Waals surface area contributed by atoms with E-state index in [-0.39, 0.29) is 0 Å². The number of pyridine rings is 1. The van der Waals surface area contributed by atoms with Crippen LogP contribution in [0.25, 0.3) is 0 Å². The number of thioether (sulfide) groups is 1. The van der Waals surface area contributed by atoms with E-state index in [1.807, 2.05) is 24.0 Å². The van der Waals surface area contributed by atoms with Gasteiger partial charge in [0, 0.05) is 18.5 Å². The summed E-state index contributed by atoms with van der Waals surface area (Å²) >= 11 is 1.90. The molecule has 1 spiro atoms. The number of aliphatic imine (C=N–C) groups is 1. The van der Waals surface area contributed by atoms with Crippen LogP contribution in [0, 0.1) is 12.3 Å². The average molecular weight is 289 g/mol. The number of nitrogens with one attached hydrogen (secondary N) is 1. The zero-order chi connectivity index (χ0) is 13.8. The molecule has 1 aromatic rings. The first kappa shape index (κ1) is 13.9. The van der Waals surface area contributed by atoms with Gasteiger partial charge in [0.2, 0.25) is 0 Å². The summed E-state index contributed by atoms with van der Waals surface area (Å²) in [7, 11) is 0. The van der Waals surface area contributed by atoms with Gasteiger partial charge < -0.3 is 5.32 Å². The second-order valence-corrected chi connectivity index (χ2v) is 7.06.